The third-order valence-corrected chi connectivity index (χ3v) is 6.11. The number of benzene rings is 1. The van der Waals surface area contributed by atoms with Crippen LogP contribution in [0.25, 0.3) is 0 Å². The topological polar surface area (TPSA) is 76.2 Å². The zero-order valence-electron chi connectivity index (χ0n) is 13.2. The van der Waals surface area contributed by atoms with Gasteiger partial charge in [-0.1, -0.05) is 0 Å². The molecule has 126 valence electrons. The van der Waals surface area contributed by atoms with Crippen molar-refractivity contribution >= 4 is 16.0 Å². The molecule has 1 fully saturated rings. The zero-order chi connectivity index (χ0) is 16.6. The molecule has 0 N–H and O–H groups in total. The van der Waals surface area contributed by atoms with E-state index < -0.39 is 10.2 Å². The number of hydrogen-bond donors (Lipinski definition) is 0. The first-order valence-corrected chi connectivity index (χ1v) is 8.91. The van der Waals surface area contributed by atoms with Crippen LogP contribution in [-0.2, 0) is 10.2 Å². The molecule has 1 saturated heterocycles. The number of hydrogen-bond acceptors (Lipinski definition) is 5. The van der Waals surface area contributed by atoms with Crippen LogP contribution >= 0.6 is 0 Å². The van der Waals surface area contributed by atoms with Crippen molar-refractivity contribution in [1.29, 1.82) is 0 Å². The molecule has 0 radical (unpaired) electrons. The number of carbonyl (C=O) groups excluding carboxylic acids is 1. The van der Waals surface area contributed by atoms with Gasteiger partial charge in [0, 0.05) is 38.7 Å². The zero-order valence-corrected chi connectivity index (χ0v) is 14.0. The first-order chi connectivity index (χ1) is 10.9. The second-order valence-corrected chi connectivity index (χ2v) is 8.06. The highest BCUT2D eigenvalue weighted by Gasteiger charge is 2.34. The second-order valence-electron chi connectivity index (χ2n) is 5.92. The van der Waals surface area contributed by atoms with E-state index in [0.29, 0.717) is 36.4 Å². The lowest BCUT2D eigenvalue weighted by Crippen LogP contribution is -2.46. The molecule has 1 aromatic carbocycles. The highest BCUT2D eigenvalue weighted by atomic mass is 32.2. The third kappa shape index (κ3) is 3.06. The Morgan fingerprint density at radius 3 is 2.74 bits per heavy atom. The summed E-state index contributed by atoms with van der Waals surface area (Å²) in [6.45, 7) is 0.824. The smallest absolute Gasteiger partial charge is 0.281 e. The normalized spacial score (nSPS) is 21.6. The first kappa shape index (κ1) is 16.2. The maximum atomic E-state index is 12.7. The van der Waals surface area contributed by atoms with Gasteiger partial charge in [0.2, 0.25) is 6.79 Å². The Morgan fingerprint density at radius 2 is 2.00 bits per heavy atom. The fourth-order valence-electron chi connectivity index (χ4n) is 2.88. The molecule has 0 spiro atoms. The fraction of sp³-hybridized carbons (Fsp3) is 0.533. The molecule has 3 rings (SSSR count). The maximum Gasteiger partial charge on any atom is 0.281 e. The second kappa shape index (κ2) is 6.10. The Balaban J connectivity index is 1.77. The van der Waals surface area contributed by atoms with Crippen molar-refractivity contribution < 1.29 is 22.7 Å². The Labute approximate surface area is 136 Å². The molecule has 0 saturated carbocycles. The van der Waals surface area contributed by atoms with Crippen LogP contribution in [-0.4, -0.2) is 56.8 Å². The third-order valence-electron chi connectivity index (χ3n) is 4.20. The van der Waals surface area contributed by atoms with E-state index in [1.807, 2.05) is 0 Å². The number of ether oxygens (including phenoxy) is 2. The largest absolute Gasteiger partial charge is 0.454 e. The minimum Gasteiger partial charge on any atom is -0.454 e. The molecule has 2 aliphatic heterocycles. The first-order valence-electron chi connectivity index (χ1n) is 7.51. The number of nitrogens with zero attached hydrogens (tertiary/aromatic N) is 2. The van der Waals surface area contributed by atoms with Crippen molar-refractivity contribution in [3.8, 4) is 11.5 Å². The average Bonchev–Trinajstić information content (AvgIpc) is 3.01. The van der Waals surface area contributed by atoms with E-state index in [1.165, 1.54) is 22.7 Å². The molecule has 0 amide bonds. The summed E-state index contributed by atoms with van der Waals surface area (Å²) in [7, 11) is -0.491. The van der Waals surface area contributed by atoms with Crippen LogP contribution in [0.4, 0.5) is 0 Å². The van der Waals surface area contributed by atoms with Crippen LogP contribution in [0.15, 0.2) is 18.2 Å². The van der Waals surface area contributed by atoms with Gasteiger partial charge in [0.25, 0.3) is 10.2 Å². The lowest BCUT2D eigenvalue weighted by atomic mass is 9.91. The summed E-state index contributed by atoms with van der Waals surface area (Å²) in [5.41, 5.74) is 0.531. The van der Waals surface area contributed by atoms with E-state index in [2.05, 4.69) is 0 Å². The minimum atomic E-state index is -3.49. The molecule has 0 aliphatic carbocycles. The molecule has 0 bridgehead atoms. The number of fused-ring (bicyclic) bond motifs is 1. The molecular weight excluding hydrogens is 320 g/mol. The summed E-state index contributed by atoms with van der Waals surface area (Å²) >= 11 is 0. The summed E-state index contributed by atoms with van der Waals surface area (Å²) in [6, 6.07) is 5.09. The van der Waals surface area contributed by atoms with Gasteiger partial charge in [-0.15, -0.1) is 0 Å². The van der Waals surface area contributed by atoms with Crippen LogP contribution in [0, 0.1) is 5.92 Å². The van der Waals surface area contributed by atoms with E-state index in [4.69, 9.17) is 9.47 Å². The summed E-state index contributed by atoms with van der Waals surface area (Å²) in [5, 5.41) is 0. The predicted octanol–water partition coefficient (Wildman–Crippen LogP) is 1.12. The molecule has 0 unspecified atom stereocenters. The van der Waals surface area contributed by atoms with Gasteiger partial charge in [-0.05, 0) is 31.0 Å². The molecule has 2 heterocycles. The summed E-state index contributed by atoms with van der Waals surface area (Å²) in [5.74, 6) is 0.798. The highest BCUT2D eigenvalue weighted by molar-refractivity contribution is 7.86. The quantitative estimate of drug-likeness (QED) is 0.768. The van der Waals surface area contributed by atoms with Gasteiger partial charge in [-0.3, -0.25) is 4.79 Å². The van der Waals surface area contributed by atoms with Crippen LogP contribution in [0.5, 0.6) is 11.5 Å². The molecule has 7 nitrogen and oxygen atoms in total. The van der Waals surface area contributed by atoms with Gasteiger partial charge < -0.3 is 9.47 Å². The summed E-state index contributed by atoms with van der Waals surface area (Å²) in [6.07, 6.45) is 1.36. The maximum absolute atomic E-state index is 12.7. The molecule has 1 atom stereocenters. The van der Waals surface area contributed by atoms with E-state index in [0.717, 1.165) is 0 Å². The Morgan fingerprint density at radius 1 is 1.26 bits per heavy atom. The van der Waals surface area contributed by atoms with Crippen LogP contribution in [0.1, 0.15) is 23.2 Å². The minimum absolute atomic E-state index is 0.0537. The Bertz CT molecular complexity index is 717. The standard InChI is InChI=1S/C15H20N2O5S/c1-16(2)23(19,20)17-7-3-4-12(9-17)15(18)11-5-6-13-14(8-11)22-10-21-13/h5-6,8,12H,3-4,7,9-10H2,1-2H3/t12-/m1/s1. The lowest BCUT2D eigenvalue weighted by Gasteiger charge is -2.32. The molecule has 23 heavy (non-hydrogen) atoms. The number of Topliss-reactive ketones (excluding diaryl/α,β-unsaturated/α-hetero) is 1. The van der Waals surface area contributed by atoms with Gasteiger partial charge in [0.15, 0.2) is 17.3 Å². The van der Waals surface area contributed by atoms with Gasteiger partial charge in [0.1, 0.15) is 0 Å². The van der Waals surface area contributed by atoms with E-state index in [9.17, 15) is 13.2 Å². The van der Waals surface area contributed by atoms with E-state index in [-0.39, 0.29) is 25.0 Å². The van der Waals surface area contributed by atoms with Crippen molar-refractivity contribution in [3.63, 3.8) is 0 Å². The molecule has 0 aromatic heterocycles. The number of piperidine rings is 1. The molecule has 8 heteroatoms. The van der Waals surface area contributed by atoms with Crippen molar-refractivity contribution in [2.45, 2.75) is 12.8 Å². The van der Waals surface area contributed by atoms with Crippen molar-refractivity contribution in [3.05, 3.63) is 23.8 Å². The molecular formula is C15H20N2O5S. The van der Waals surface area contributed by atoms with Crippen molar-refractivity contribution in [1.82, 2.24) is 8.61 Å². The molecule has 1 aromatic rings. The number of rotatable bonds is 4. The predicted molar refractivity (Wildman–Crippen MR) is 83.8 cm³/mol. The van der Waals surface area contributed by atoms with Crippen LogP contribution < -0.4 is 9.47 Å². The SMILES string of the molecule is CN(C)S(=O)(=O)N1CCC[C@@H](C(=O)c2ccc3c(c2)OCO3)C1. The van der Waals surface area contributed by atoms with E-state index >= 15 is 0 Å². The van der Waals surface area contributed by atoms with Gasteiger partial charge >= 0.3 is 0 Å². The highest BCUT2D eigenvalue weighted by Crippen LogP contribution is 2.34. The van der Waals surface area contributed by atoms with Crippen LogP contribution in [0.2, 0.25) is 0 Å². The summed E-state index contributed by atoms with van der Waals surface area (Å²) in [4.78, 5) is 12.7. The van der Waals surface area contributed by atoms with Crippen LogP contribution in [0.3, 0.4) is 0 Å². The van der Waals surface area contributed by atoms with Gasteiger partial charge in [-0.2, -0.15) is 17.0 Å². The van der Waals surface area contributed by atoms with Gasteiger partial charge in [0.05, 0.1) is 0 Å². The fourth-order valence-corrected chi connectivity index (χ4v) is 4.07. The monoisotopic (exact) mass is 340 g/mol. The molecule has 2 aliphatic rings. The van der Waals surface area contributed by atoms with Crippen molar-refractivity contribution in [2.24, 2.45) is 5.92 Å². The van der Waals surface area contributed by atoms with Gasteiger partial charge in [-0.25, -0.2) is 0 Å². The average molecular weight is 340 g/mol. The number of carbonyl (C=O) groups is 1. The van der Waals surface area contributed by atoms with Crippen molar-refractivity contribution in [2.75, 3.05) is 34.0 Å². The number of ketones is 1. The Kier molecular flexibility index (Phi) is 4.31. The lowest BCUT2D eigenvalue weighted by molar-refractivity contribution is 0.0870. The van der Waals surface area contributed by atoms with E-state index in [1.54, 1.807) is 18.2 Å². The Hall–Kier alpha value is -1.64. The summed E-state index contributed by atoms with van der Waals surface area (Å²) < 4.78 is 37.6.